The zero-order valence-electron chi connectivity index (χ0n) is 9.45. The Morgan fingerprint density at radius 3 is 2.88 bits per heavy atom. The van der Waals surface area contributed by atoms with Gasteiger partial charge in [-0.05, 0) is 32.1 Å². The van der Waals surface area contributed by atoms with Crippen LogP contribution in [0.3, 0.4) is 0 Å². The molecule has 1 aliphatic carbocycles. The van der Waals surface area contributed by atoms with E-state index in [2.05, 4.69) is 21.5 Å². The summed E-state index contributed by atoms with van der Waals surface area (Å²) in [5.41, 5.74) is 1.24. The topological polar surface area (TPSA) is 61.6 Å². The van der Waals surface area contributed by atoms with Gasteiger partial charge in [0.15, 0.2) is 0 Å². The largest absolute Gasteiger partial charge is 0.353 e. The highest BCUT2D eigenvalue weighted by atomic mass is 32.2. The summed E-state index contributed by atoms with van der Waals surface area (Å²) in [6, 6.07) is 3.73. The van der Waals surface area contributed by atoms with E-state index in [0.29, 0.717) is 16.4 Å². The number of nitrogens with zero attached hydrogens (tertiary/aromatic N) is 3. The maximum atomic E-state index is 8.80. The number of anilines is 1. The molecule has 0 atom stereocenters. The van der Waals surface area contributed by atoms with Crippen LogP contribution in [0.15, 0.2) is 6.07 Å². The lowest BCUT2D eigenvalue weighted by molar-refractivity contribution is 0.919. The Balaban J connectivity index is 2.04. The molecular formula is C11H14N4S. The Bertz CT molecular complexity index is 434. The zero-order valence-corrected chi connectivity index (χ0v) is 10.3. The van der Waals surface area contributed by atoms with Crippen LogP contribution in [-0.4, -0.2) is 27.5 Å². The van der Waals surface area contributed by atoms with Crippen molar-refractivity contribution in [1.29, 1.82) is 5.26 Å². The molecule has 0 unspecified atom stereocenters. The highest BCUT2D eigenvalue weighted by Gasteiger charge is 2.41. The van der Waals surface area contributed by atoms with Gasteiger partial charge in [0.2, 0.25) is 5.95 Å². The van der Waals surface area contributed by atoms with Gasteiger partial charge in [0.05, 0.1) is 0 Å². The first-order valence-corrected chi connectivity index (χ1v) is 6.45. The Morgan fingerprint density at radius 1 is 1.56 bits per heavy atom. The van der Waals surface area contributed by atoms with Crippen LogP contribution in [0.4, 0.5) is 5.95 Å². The van der Waals surface area contributed by atoms with Crippen molar-refractivity contribution in [2.24, 2.45) is 0 Å². The lowest BCUT2D eigenvalue weighted by Crippen LogP contribution is -2.19. The third-order valence-electron chi connectivity index (χ3n) is 2.78. The van der Waals surface area contributed by atoms with Crippen LogP contribution in [-0.2, 0) is 0 Å². The van der Waals surface area contributed by atoms with Crippen LogP contribution in [0.5, 0.6) is 0 Å². The molecule has 0 aromatic carbocycles. The standard InChI is InChI=1S/C11H14N4S/c1-8-5-9(6-12)15-10(14-8)13-7-11(16-2)3-4-11/h5H,3-4,7H2,1-2H3,(H,13,14,15). The van der Waals surface area contributed by atoms with Gasteiger partial charge in [-0.15, -0.1) is 0 Å². The SMILES string of the molecule is CSC1(CNc2nc(C)cc(C#N)n2)CC1. The van der Waals surface area contributed by atoms with Crippen molar-refractivity contribution in [3.05, 3.63) is 17.5 Å². The minimum absolute atomic E-state index is 0.375. The average Bonchev–Trinajstić information content (AvgIpc) is 3.06. The minimum atomic E-state index is 0.375. The average molecular weight is 234 g/mol. The Kier molecular flexibility index (Phi) is 3.01. The van der Waals surface area contributed by atoms with E-state index in [-0.39, 0.29) is 0 Å². The molecule has 16 heavy (non-hydrogen) atoms. The molecule has 2 rings (SSSR count). The summed E-state index contributed by atoms with van der Waals surface area (Å²) < 4.78 is 0.375. The monoisotopic (exact) mass is 234 g/mol. The van der Waals surface area contributed by atoms with E-state index in [4.69, 9.17) is 5.26 Å². The number of aromatic nitrogens is 2. The van der Waals surface area contributed by atoms with Gasteiger partial charge in [0, 0.05) is 17.0 Å². The van der Waals surface area contributed by atoms with Gasteiger partial charge >= 0.3 is 0 Å². The molecule has 84 valence electrons. The van der Waals surface area contributed by atoms with Crippen molar-refractivity contribution in [3.8, 4) is 6.07 Å². The van der Waals surface area contributed by atoms with E-state index < -0.39 is 0 Å². The van der Waals surface area contributed by atoms with Crippen LogP contribution >= 0.6 is 11.8 Å². The van der Waals surface area contributed by atoms with E-state index in [1.165, 1.54) is 12.8 Å². The predicted molar refractivity (Wildman–Crippen MR) is 65.5 cm³/mol. The summed E-state index contributed by atoms with van der Waals surface area (Å²) in [6.07, 6.45) is 4.63. The predicted octanol–water partition coefficient (Wildman–Crippen LogP) is 1.96. The number of hydrogen-bond acceptors (Lipinski definition) is 5. The van der Waals surface area contributed by atoms with Gasteiger partial charge in [0.25, 0.3) is 0 Å². The van der Waals surface area contributed by atoms with Crippen LogP contribution < -0.4 is 5.32 Å². The lowest BCUT2D eigenvalue weighted by atomic mass is 10.3. The minimum Gasteiger partial charge on any atom is -0.353 e. The smallest absolute Gasteiger partial charge is 0.224 e. The molecule has 1 aromatic heterocycles. The third kappa shape index (κ3) is 2.45. The highest BCUT2D eigenvalue weighted by molar-refractivity contribution is 8.00. The molecule has 1 saturated carbocycles. The van der Waals surface area contributed by atoms with Crippen molar-refractivity contribution >= 4 is 17.7 Å². The first-order valence-electron chi connectivity index (χ1n) is 5.22. The summed E-state index contributed by atoms with van der Waals surface area (Å²) in [4.78, 5) is 8.39. The molecule has 1 fully saturated rings. The second kappa shape index (κ2) is 4.30. The van der Waals surface area contributed by atoms with Gasteiger partial charge in [-0.2, -0.15) is 17.0 Å². The summed E-state index contributed by atoms with van der Waals surface area (Å²) in [5.74, 6) is 0.567. The Hall–Kier alpha value is -1.28. The van der Waals surface area contributed by atoms with Gasteiger partial charge in [-0.1, -0.05) is 0 Å². The molecule has 4 nitrogen and oxygen atoms in total. The summed E-state index contributed by atoms with van der Waals surface area (Å²) in [5, 5.41) is 12.0. The van der Waals surface area contributed by atoms with Gasteiger partial charge in [0.1, 0.15) is 11.8 Å². The molecule has 1 aliphatic rings. The fraction of sp³-hybridized carbons (Fsp3) is 0.545. The summed E-state index contributed by atoms with van der Waals surface area (Å²) in [6.45, 7) is 2.75. The van der Waals surface area contributed by atoms with E-state index in [1.54, 1.807) is 6.07 Å². The van der Waals surface area contributed by atoms with Gasteiger partial charge in [-0.3, -0.25) is 0 Å². The maximum absolute atomic E-state index is 8.80. The van der Waals surface area contributed by atoms with Crippen molar-refractivity contribution in [3.63, 3.8) is 0 Å². The van der Waals surface area contributed by atoms with Crippen LogP contribution in [0.1, 0.15) is 24.2 Å². The molecule has 0 aliphatic heterocycles. The second-order valence-electron chi connectivity index (χ2n) is 4.07. The fourth-order valence-corrected chi connectivity index (χ4v) is 2.26. The van der Waals surface area contributed by atoms with Crippen molar-refractivity contribution in [1.82, 2.24) is 9.97 Å². The molecule has 0 saturated heterocycles. The number of rotatable bonds is 4. The molecule has 1 heterocycles. The Morgan fingerprint density at radius 2 is 2.31 bits per heavy atom. The molecular weight excluding hydrogens is 220 g/mol. The van der Waals surface area contributed by atoms with Gasteiger partial charge in [-0.25, -0.2) is 9.97 Å². The fourth-order valence-electron chi connectivity index (χ4n) is 1.54. The highest BCUT2D eigenvalue weighted by Crippen LogP contribution is 2.46. The first-order chi connectivity index (χ1) is 7.67. The first kappa shape index (κ1) is 11.2. The number of aryl methyl sites for hydroxylation is 1. The Labute approximate surface area is 99.5 Å². The normalized spacial score (nSPS) is 16.6. The lowest BCUT2D eigenvalue weighted by Gasteiger charge is -2.13. The number of thioether (sulfide) groups is 1. The molecule has 0 spiro atoms. The number of nitrogens with one attached hydrogen (secondary N) is 1. The molecule has 5 heteroatoms. The molecule has 0 amide bonds. The van der Waals surface area contributed by atoms with Crippen LogP contribution in [0.25, 0.3) is 0 Å². The van der Waals surface area contributed by atoms with E-state index >= 15 is 0 Å². The molecule has 1 N–H and O–H groups in total. The quantitative estimate of drug-likeness (QED) is 0.863. The van der Waals surface area contributed by atoms with E-state index in [1.807, 2.05) is 24.8 Å². The number of nitriles is 1. The van der Waals surface area contributed by atoms with Crippen LogP contribution in [0, 0.1) is 18.3 Å². The zero-order chi connectivity index (χ0) is 11.6. The van der Waals surface area contributed by atoms with E-state index in [0.717, 1.165) is 12.2 Å². The summed E-state index contributed by atoms with van der Waals surface area (Å²) >= 11 is 1.89. The van der Waals surface area contributed by atoms with Crippen molar-refractivity contribution in [2.75, 3.05) is 18.1 Å². The van der Waals surface area contributed by atoms with Crippen molar-refractivity contribution in [2.45, 2.75) is 24.5 Å². The molecule has 1 aromatic rings. The number of hydrogen-bond donors (Lipinski definition) is 1. The third-order valence-corrected chi connectivity index (χ3v) is 4.20. The van der Waals surface area contributed by atoms with Gasteiger partial charge < -0.3 is 5.32 Å². The second-order valence-corrected chi connectivity index (χ2v) is 5.34. The molecule has 0 bridgehead atoms. The maximum Gasteiger partial charge on any atom is 0.224 e. The van der Waals surface area contributed by atoms with Crippen LogP contribution in [0.2, 0.25) is 0 Å². The van der Waals surface area contributed by atoms with Crippen molar-refractivity contribution < 1.29 is 0 Å². The molecule has 0 radical (unpaired) electrons. The summed E-state index contributed by atoms with van der Waals surface area (Å²) in [7, 11) is 0. The van der Waals surface area contributed by atoms with E-state index in [9.17, 15) is 0 Å².